The van der Waals surface area contributed by atoms with Crippen LogP contribution in [-0.2, 0) is 16.0 Å². The van der Waals surface area contributed by atoms with E-state index in [2.05, 4.69) is 49.2 Å². The smallest absolute Gasteiger partial charge is 0.243 e. The van der Waals surface area contributed by atoms with Crippen LogP contribution in [0.3, 0.4) is 0 Å². The second kappa shape index (κ2) is 11.6. The number of fused-ring (bicyclic) bond motifs is 1. The van der Waals surface area contributed by atoms with Crippen LogP contribution in [0.4, 0.5) is 0 Å². The van der Waals surface area contributed by atoms with Gasteiger partial charge in [-0.15, -0.1) is 17.9 Å². The van der Waals surface area contributed by atoms with E-state index in [1.807, 2.05) is 65.6 Å². The van der Waals surface area contributed by atoms with E-state index in [0.29, 0.717) is 13.1 Å². The lowest BCUT2D eigenvalue weighted by Crippen LogP contribution is -2.47. The Balaban J connectivity index is 1.45. The third-order valence-electron chi connectivity index (χ3n) is 7.18. The summed E-state index contributed by atoms with van der Waals surface area (Å²) in [7, 11) is 0. The first-order valence-electron chi connectivity index (χ1n) is 13.0. The maximum atomic E-state index is 14.1. The highest BCUT2D eigenvalue weighted by Crippen LogP contribution is 2.38. The van der Waals surface area contributed by atoms with Gasteiger partial charge in [-0.1, -0.05) is 96.6 Å². The maximum absolute atomic E-state index is 14.1. The average Bonchev–Trinajstić information content (AvgIpc) is 3.43. The van der Waals surface area contributed by atoms with Crippen LogP contribution in [0.15, 0.2) is 109 Å². The SMILES string of the molecule is C=CCN(CC(=O)N1CCc2sccc2C1c1ccc(C)cc1)C(=O)C(c1ccccc1)c1ccccc1. The molecule has 5 rings (SSSR count). The Hall–Kier alpha value is -3.96. The Bertz CT molecular complexity index is 1360. The highest BCUT2D eigenvalue weighted by Gasteiger charge is 2.35. The van der Waals surface area contributed by atoms with Crippen molar-refractivity contribution in [2.24, 2.45) is 0 Å². The zero-order valence-corrected chi connectivity index (χ0v) is 22.4. The summed E-state index contributed by atoms with van der Waals surface area (Å²) >= 11 is 1.75. The number of hydrogen-bond acceptors (Lipinski definition) is 3. The van der Waals surface area contributed by atoms with Crippen LogP contribution >= 0.6 is 11.3 Å². The minimum Gasteiger partial charge on any atom is -0.330 e. The standard InChI is InChI=1S/C33H32N2O2S/c1-3-20-34(33(37)31(25-10-6-4-7-11-25)26-12-8-5-9-13-26)23-30(36)35-21-18-29-28(19-22-38-29)32(35)27-16-14-24(2)15-17-27/h3-17,19,22,31-32H,1,18,20-21,23H2,2H3. The van der Waals surface area contributed by atoms with Crippen LogP contribution in [0.5, 0.6) is 0 Å². The number of rotatable bonds is 8. The van der Waals surface area contributed by atoms with Crippen molar-refractivity contribution in [1.82, 2.24) is 9.80 Å². The molecule has 5 heteroatoms. The second-order valence-corrected chi connectivity index (χ2v) is 10.7. The minimum absolute atomic E-state index is 0.00283. The molecule has 0 saturated carbocycles. The summed E-state index contributed by atoms with van der Waals surface area (Å²) < 4.78 is 0. The van der Waals surface area contributed by atoms with Crippen molar-refractivity contribution < 1.29 is 9.59 Å². The molecule has 1 aliphatic heterocycles. The van der Waals surface area contributed by atoms with Crippen LogP contribution < -0.4 is 0 Å². The monoisotopic (exact) mass is 520 g/mol. The molecular weight excluding hydrogens is 488 g/mol. The summed E-state index contributed by atoms with van der Waals surface area (Å²) in [4.78, 5) is 33.0. The number of nitrogens with zero attached hydrogens (tertiary/aromatic N) is 2. The van der Waals surface area contributed by atoms with Gasteiger partial charge in [0.2, 0.25) is 11.8 Å². The lowest BCUT2D eigenvalue weighted by molar-refractivity contribution is -0.141. The minimum atomic E-state index is -0.497. The van der Waals surface area contributed by atoms with Crippen molar-refractivity contribution >= 4 is 23.2 Å². The zero-order chi connectivity index (χ0) is 26.5. The largest absolute Gasteiger partial charge is 0.330 e. The second-order valence-electron chi connectivity index (χ2n) is 9.71. The van der Waals surface area contributed by atoms with E-state index in [9.17, 15) is 9.59 Å². The average molecular weight is 521 g/mol. The molecule has 1 aliphatic rings. The fourth-order valence-corrected chi connectivity index (χ4v) is 6.19. The molecule has 0 bridgehead atoms. The number of aryl methyl sites for hydroxylation is 1. The molecule has 4 aromatic rings. The summed E-state index contributed by atoms with van der Waals surface area (Å²) in [5.74, 6) is -0.652. The summed E-state index contributed by atoms with van der Waals surface area (Å²) in [6.07, 6.45) is 2.52. The normalized spacial score (nSPS) is 14.7. The van der Waals surface area contributed by atoms with Crippen LogP contribution in [0.1, 0.15) is 44.7 Å². The molecule has 1 unspecified atom stereocenters. The molecule has 1 aromatic heterocycles. The predicted octanol–water partition coefficient (Wildman–Crippen LogP) is 6.38. The number of benzene rings is 3. The highest BCUT2D eigenvalue weighted by atomic mass is 32.1. The Labute approximate surface area is 228 Å². The van der Waals surface area contributed by atoms with Gasteiger partial charge < -0.3 is 9.80 Å². The van der Waals surface area contributed by atoms with Gasteiger partial charge in [0.05, 0.1) is 12.0 Å². The van der Waals surface area contributed by atoms with Gasteiger partial charge in [0.15, 0.2) is 0 Å². The summed E-state index contributed by atoms with van der Waals surface area (Å²) in [6, 6.07) is 29.9. The molecule has 0 saturated heterocycles. The Kier molecular flexibility index (Phi) is 7.85. The van der Waals surface area contributed by atoms with E-state index in [1.54, 1.807) is 22.3 Å². The van der Waals surface area contributed by atoms with Gasteiger partial charge in [0.1, 0.15) is 6.54 Å². The third kappa shape index (κ3) is 5.34. The maximum Gasteiger partial charge on any atom is 0.243 e. The van der Waals surface area contributed by atoms with Crippen LogP contribution in [0, 0.1) is 6.92 Å². The molecule has 0 spiro atoms. The van der Waals surface area contributed by atoms with Gasteiger partial charge >= 0.3 is 0 Å². The fourth-order valence-electron chi connectivity index (χ4n) is 5.29. The van der Waals surface area contributed by atoms with E-state index < -0.39 is 5.92 Å². The number of amides is 2. The van der Waals surface area contributed by atoms with Crippen molar-refractivity contribution in [1.29, 1.82) is 0 Å². The Morgan fingerprint density at radius 2 is 1.61 bits per heavy atom. The van der Waals surface area contributed by atoms with Crippen molar-refractivity contribution in [3.05, 3.63) is 142 Å². The zero-order valence-electron chi connectivity index (χ0n) is 21.6. The molecule has 0 N–H and O–H groups in total. The molecule has 4 nitrogen and oxygen atoms in total. The van der Waals surface area contributed by atoms with Crippen LogP contribution in [0.25, 0.3) is 0 Å². The van der Waals surface area contributed by atoms with Gasteiger partial charge in [-0.2, -0.15) is 0 Å². The highest BCUT2D eigenvalue weighted by molar-refractivity contribution is 7.10. The lowest BCUT2D eigenvalue weighted by atomic mass is 9.90. The number of hydrogen-bond donors (Lipinski definition) is 0. The van der Waals surface area contributed by atoms with Crippen molar-refractivity contribution in [2.75, 3.05) is 19.6 Å². The number of carbonyl (C=O) groups excluding carboxylic acids is 2. The van der Waals surface area contributed by atoms with Gasteiger partial charge in [0.25, 0.3) is 0 Å². The van der Waals surface area contributed by atoms with Crippen molar-refractivity contribution in [3.8, 4) is 0 Å². The molecular formula is C33H32N2O2S. The third-order valence-corrected chi connectivity index (χ3v) is 8.18. The molecule has 3 aromatic carbocycles. The summed E-state index contributed by atoms with van der Waals surface area (Å²) in [6.45, 7) is 6.88. The van der Waals surface area contributed by atoms with Crippen molar-refractivity contribution in [2.45, 2.75) is 25.3 Å². The molecule has 192 valence electrons. The van der Waals surface area contributed by atoms with Crippen LogP contribution in [-0.4, -0.2) is 41.2 Å². The first kappa shape index (κ1) is 25.7. The molecule has 0 aliphatic carbocycles. The molecule has 38 heavy (non-hydrogen) atoms. The Morgan fingerprint density at radius 3 is 2.21 bits per heavy atom. The Morgan fingerprint density at radius 1 is 0.974 bits per heavy atom. The van der Waals surface area contributed by atoms with E-state index in [1.165, 1.54) is 16.0 Å². The van der Waals surface area contributed by atoms with Gasteiger partial charge in [-0.25, -0.2) is 0 Å². The van der Waals surface area contributed by atoms with Gasteiger partial charge in [0, 0.05) is 18.0 Å². The van der Waals surface area contributed by atoms with E-state index in [0.717, 1.165) is 23.1 Å². The van der Waals surface area contributed by atoms with E-state index in [4.69, 9.17) is 0 Å². The summed E-state index contributed by atoms with van der Waals surface area (Å²) in [5, 5.41) is 2.11. The molecule has 2 amide bonds. The fraction of sp³-hybridized carbons (Fsp3) is 0.212. The van der Waals surface area contributed by atoms with Crippen LogP contribution in [0.2, 0.25) is 0 Å². The number of carbonyl (C=O) groups is 2. The van der Waals surface area contributed by atoms with Gasteiger partial charge in [-0.05, 0) is 47.0 Å². The van der Waals surface area contributed by atoms with Gasteiger partial charge in [-0.3, -0.25) is 9.59 Å². The molecule has 0 radical (unpaired) electrons. The van der Waals surface area contributed by atoms with E-state index in [-0.39, 0.29) is 24.4 Å². The summed E-state index contributed by atoms with van der Waals surface area (Å²) in [5.41, 5.74) is 5.28. The molecule has 0 fully saturated rings. The number of thiophene rings is 1. The molecule has 1 atom stereocenters. The van der Waals surface area contributed by atoms with Crippen molar-refractivity contribution in [3.63, 3.8) is 0 Å². The topological polar surface area (TPSA) is 40.6 Å². The van der Waals surface area contributed by atoms with E-state index >= 15 is 0 Å². The quantitative estimate of drug-likeness (QED) is 0.253. The predicted molar refractivity (Wildman–Crippen MR) is 154 cm³/mol. The lowest BCUT2D eigenvalue weighted by Gasteiger charge is -2.38. The first-order chi connectivity index (χ1) is 18.6. The first-order valence-corrected chi connectivity index (χ1v) is 13.9. The molecule has 2 heterocycles.